The number of carbonyl (C=O) groups is 2. The fraction of sp³-hybridized carbons (Fsp3) is 0.167. The summed E-state index contributed by atoms with van der Waals surface area (Å²) < 4.78 is 5.68. The number of furan rings is 1. The highest BCUT2D eigenvalue weighted by atomic mass is 35.5. The number of nitrogens with zero attached hydrogens (tertiary/aromatic N) is 1. The monoisotopic (exact) mass is 474 g/mol. The summed E-state index contributed by atoms with van der Waals surface area (Å²) in [5.41, 5.74) is 0.382. The summed E-state index contributed by atoms with van der Waals surface area (Å²) in [4.78, 5) is 26.6. The Morgan fingerprint density at radius 2 is 2.00 bits per heavy atom. The molecule has 28 heavy (non-hydrogen) atoms. The van der Waals surface area contributed by atoms with Gasteiger partial charge in [0.25, 0.3) is 5.91 Å². The van der Waals surface area contributed by atoms with Gasteiger partial charge in [0.1, 0.15) is 10.1 Å². The van der Waals surface area contributed by atoms with Crippen LogP contribution in [0.4, 0.5) is 5.69 Å². The number of anilines is 1. The van der Waals surface area contributed by atoms with Gasteiger partial charge in [-0.2, -0.15) is 0 Å². The Morgan fingerprint density at radius 3 is 2.71 bits per heavy atom. The standard InChI is InChI=1S/C18H13Cl3N2O3S2/c19-11-8-13(21)14(9-12(11)20)22-16(24)4-1-5-23-17(25)15(28-18(23)27)7-10-3-2-6-26-10/h2-3,6-9H,1,4-5H2,(H,22,24)/b15-7+. The topological polar surface area (TPSA) is 62.6 Å². The zero-order valence-electron chi connectivity index (χ0n) is 14.2. The van der Waals surface area contributed by atoms with Gasteiger partial charge in [0.15, 0.2) is 0 Å². The van der Waals surface area contributed by atoms with Gasteiger partial charge in [-0.3, -0.25) is 14.5 Å². The maximum atomic E-state index is 12.5. The van der Waals surface area contributed by atoms with Crippen LogP contribution in [-0.4, -0.2) is 27.6 Å². The van der Waals surface area contributed by atoms with E-state index in [1.54, 1.807) is 18.2 Å². The van der Waals surface area contributed by atoms with E-state index in [0.29, 0.717) is 48.7 Å². The fourth-order valence-electron chi connectivity index (χ4n) is 2.42. The highest BCUT2D eigenvalue weighted by molar-refractivity contribution is 8.26. The SMILES string of the molecule is O=C(CCCN1C(=O)/C(=C\c2ccco2)SC1=S)Nc1cc(Cl)c(Cl)cc1Cl. The van der Waals surface area contributed by atoms with E-state index in [0.717, 1.165) is 0 Å². The van der Waals surface area contributed by atoms with Gasteiger partial charge in [0.05, 0.1) is 31.9 Å². The van der Waals surface area contributed by atoms with Crippen molar-refractivity contribution in [2.24, 2.45) is 0 Å². The van der Waals surface area contributed by atoms with Crippen molar-refractivity contribution in [1.29, 1.82) is 0 Å². The Balaban J connectivity index is 1.53. The summed E-state index contributed by atoms with van der Waals surface area (Å²) in [5, 5.41) is 3.58. The molecule has 1 aliphatic heterocycles. The van der Waals surface area contributed by atoms with Crippen LogP contribution in [-0.2, 0) is 9.59 Å². The second kappa shape index (κ2) is 9.33. The van der Waals surface area contributed by atoms with Crippen LogP contribution in [0, 0.1) is 0 Å². The lowest BCUT2D eigenvalue weighted by Gasteiger charge is -2.14. The van der Waals surface area contributed by atoms with Gasteiger partial charge in [0, 0.05) is 19.0 Å². The number of benzene rings is 1. The molecule has 10 heteroatoms. The van der Waals surface area contributed by atoms with E-state index in [2.05, 4.69) is 5.32 Å². The molecule has 1 N–H and O–H groups in total. The van der Waals surface area contributed by atoms with Crippen molar-refractivity contribution in [2.45, 2.75) is 12.8 Å². The molecular weight excluding hydrogens is 463 g/mol. The molecular formula is C18H13Cl3N2O3S2. The van der Waals surface area contributed by atoms with Crippen LogP contribution in [0.3, 0.4) is 0 Å². The summed E-state index contributed by atoms with van der Waals surface area (Å²) in [7, 11) is 0. The summed E-state index contributed by atoms with van der Waals surface area (Å²) in [6, 6.07) is 6.45. The van der Waals surface area contributed by atoms with Crippen LogP contribution in [0.1, 0.15) is 18.6 Å². The molecule has 146 valence electrons. The second-order valence-electron chi connectivity index (χ2n) is 5.75. The van der Waals surface area contributed by atoms with Crippen LogP contribution in [0.25, 0.3) is 6.08 Å². The molecule has 2 aromatic rings. The Kier molecular flexibility index (Phi) is 7.06. The maximum Gasteiger partial charge on any atom is 0.266 e. The number of amides is 2. The van der Waals surface area contributed by atoms with Crippen LogP contribution >= 0.6 is 58.8 Å². The largest absolute Gasteiger partial charge is 0.465 e. The highest BCUT2D eigenvalue weighted by Gasteiger charge is 2.31. The molecule has 1 saturated heterocycles. The van der Waals surface area contributed by atoms with E-state index < -0.39 is 0 Å². The van der Waals surface area contributed by atoms with Crippen molar-refractivity contribution in [3.8, 4) is 0 Å². The Bertz CT molecular complexity index is 961. The van der Waals surface area contributed by atoms with Gasteiger partial charge in [-0.05, 0) is 30.7 Å². The Labute approximate surface area is 186 Å². The molecule has 0 saturated carbocycles. The predicted octanol–water partition coefficient (Wildman–Crippen LogP) is 5.86. The van der Waals surface area contributed by atoms with E-state index in [1.807, 2.05) is 0 Å². The van der Waals surface area contributed by atoms with Crippen molar-refractivity contribution >= 4 is 86.7 Å². The van der Waals surface area contributed by atoms with Crippen LogP contribution in [0.2, 0.25) is 15.1 Å². The quantitative estimate of drug-likeness (QED) is 0.322. The van der Waals surface area contributed by atoms with E-state index in [-0.39, 0.29) is 18.2 Å². The minimum Gasteiger partial charge on any atom is -0.465 e. The molecule has 3 rings (SSSR count). The Hall–Kier alpha value is -1.51. The number of rotatable bonds is 6. The number of nitrogens with one attached hydrogen (secondary N) is 1. The summed E-state index contributed by atoms with van der Waals surface area (Å²) in [5.74, 6) is 0.134. The summed E-state index contributed by atoms with van der Waals surface area (Å²) in [6.45, 7) is 0.336. The van der Waals surface area contributed by atoms with Crippen LogP contribution < -0.4 is 5.32 Å². The molecule has 0 bridgehead atoms. The van der Waals surface area contributed by atoms with E-state index in [1.165, 1.54) is 35.1 Å². The number of hydrogen-bond acceptors (Lipinski definition) is 5. The zero-order valence-corrected chi connectivity index (χ0v) is 18.1. The van der Waals surface area contributed by atoms with E-state index in [9.17, 15) is 9.59 Å². The molecule has 0 aliphatic carbocycles. The number of carbonyl (C=O) groups excluding carboxylic acids is 2. The van der Waals surface area contributed by atoms with Crippen molar-refractivity contribution in [2.75, 3.05) is 11.9 Å². The minimum atomic E-state index is -0.253. The van der Waals surface area contributed by atoms with E-state index >= 15 is 0 Å². The lowest BCUT2D eigenvalue weighted by Crippen LogP contribution is -2.29. The second-order valence-corrected chi connectivity index (χ2v) is 8.64. The molecule has 5 nitrogen and oxygen atoms in total. The van der Waals surface area contributed by atoms with E-state index in [4.69, 9.17) is 51.4 Å². The molecule has 0 unspecified atom stereocenters. The summed E-state index contributed by atoms with van der Waals surface area (Å²) >= 11 is 24.3. The lowest BCUT2D eigenvalue weighted by molar-refractivity contribution is -0.122. The molecule has 1 aromatic carbocycles. The minimum absolute atomic E-state index is 0.185. The van der Waals surface area contributed by atoms with Crippen LogP contribution in [0.15, 0.2) is 39.9 Å². The predicted molar refractivity (Wildman–Crippen MR) is 118 cm³/mol. The molecule has 0 spiro atoms. The molecule has 1 fully saturated rings. The molecule has 1 aliphatic rings. The van der Waals surface area contributed by atoms with Crippen molar-refractivity contribution < 1.29 is 14.0 Å². The maximum absolute atomic E-state index is 12.5. The molecule has 0 atom stereocenters. The molecule has 0 radical (unpaired) electrons. The van der Waals surface area contributed by atoms with Gasteiger partial charge in [-0.1, -0.05) is 58.8 Å². The fourth-order valence-corrected chi connectivity index (χ4v) is 4.31. The summed E-state index contributed by atoms with van der Waals surface area (Å²) in [6.07, 6.45) is 3.81. The van der Waals surface area contributed by atoms with Gasteiger partial charge in [0.2, 0.25) is 5.91 Å². The molecule has 1 aromatic heterocycles. The smallest absolute Gasteiger partial charge is 0.266 e. The number of halogens is 3. The van der Waals surface area contributed by atoms with Crippen molar-refractivity contribution in [3.05, 3.63) is 56.3 Å². The first kappa shape index (κ1) is 21.2. The third-order valence-corrected chi connectivity index (χ3v) is 6.17. The van der Waals surface area contributed by atoms with Gasteiger partial charge >= 0.3 is 0 Å². The van der Waals surface area contributed by atoms with Gasteiger partial charge < -0.3 is 9.73 Å². The normalized spacial score (nSPS) is 15.5. The van der Waals surface area contributed by atoms with Crippen molar-refractivity contribution in [3.63, 3.8) is 0 Å². The van der Waals surface area contributed by atoms with Gasteiger partial charge in [-0.25, -0.2) is 0 Å². The molecule has 2 heterocycles. The third-order valence-electron chi connectivity index (χ3n) is 3.76. The van der Waals surface area contributed by atoms with Crippen LogP contribution in [0.5, 0.6) is 0 Å². The highest BCUT2D eigenvalue weighted by Crippen LogP contribution is 2.33. The first-order valence-corrected chi connectivity index (χ1v) is 10.4. The molecule has 2 amide bonds. The Morgan fingerprint density at radius 1 is 1.25 bits per heavy atom. The van der Waals surface area contributed by atoms with Gasteiger partial charge in [-0.15, -0.1) is 0 Å². The third kappa shape index (κ3) is 5.10. The average molecular weight is 476 g/mol. The number of hydrogen-bond donors (Lipinski definition) is 1. The average Bonchev–Trinajstić information content (AvgIpc) is 3.23. The number of thioether (sulfide) groups is 1. The number of thiocarbonyl (C=S) groups is 1. The van der Waals surface area contributed by atoms with Crippen molar-refractivity contribution in [1.82, 2.24) is 4.90 Å². The first-order valence-electron chi connectivity index (χ1n) is 8.08. The lowest BCUT2D eigenvalue weighted by atomic mass is 10.2. The first-order chi connectivity index (χ1) is 13.3. The zero-order chi connectivity index (χ0) is 20.3.